The summed E-state index contributed by atoms with van der Waals surface area (Å²) in [6.07, 6.45) is 3.04. The third-order valence-corrected chi connectivity index (χ3v) is 4.23. The Kier molecular flexibility index (Phi) is 4.62. The molecule has 0 aliphatic carbocycles. The first-order chi connectivity index (χ1) is 11.7. The van der Waals surface area contributed by atoms with Crippen molar-refractivity contribution >= 4 is 17.4 Å². The highest BCUT2D eigenvalue weighted by atomic mass is 16.3. The SMILES string of the molecule is N#Cc1cccnc1N1CCC(C(=O)Nc2ccccc2O)CC1. The number of amides is 1. The highest BCUT2D eigenvalue weighted by Gasteiger charge is 2.27. The predicted octanol–water partition coefficient (Wildman–Crippen LogP) is 2.51. The molecule has 6 heteroatoms. The number of pyridine rings is 1. The lowest BCUT2D eigenvalue weighted by Gasteiger charge is -2.32. The van der Waals surface area contributed by atoms with Gasteiger partial charge in [-0.2, -0.15) is 5.26 Å². The monoisotopic (exact) mass is 322 g/mol. The van der Waals surface area contributed by atoms with Gasteiger partial charge in [-0.05, 0) is 37.1 Å². The zero-order valence-electron chi connectivity index (χ0n) is 13.1. The fourth-order valence-electron chi connectivity index (χ4n) is 2.90. The maximum atomic E-state index is 12.4. The molecule has 0 saturated carbocycles. The number of nitrogens with zero attached hydrogens (tertiary/aromatic N) is 3. The number of carbonyl (C=O) groups is 1. The first kappa shape index (κ1) is 15.8. The van der Waals surface area contributed by atoms with E-state index in [1.54, 1.807) is 42.6 Å². The van der Waals surface area contributed by atoms with Crippen LogP contribution in [-0.2, 0) is 4.79 Å². The van der Waals surface area contributed by atoms with Crippen molar-refractivity contribution in [3.8, 4) is 11.8 Å². The molecule has 2 aromatic rings. The lowest BCUT2D eigenvalue weighted by molar-refractivity contribution is -0.120. The van der Waals surface area contributed by atoms with E-state index in [2.05, 4.69) is 16.4 Å². The van der Waals surface area contributed by atoms with Crippen LogP contribution in [0.5, 0.6) is 5.75 Å². The Morgan fingerprint density at radius 1 is 1.25 bits per heavy atom. The predicted molar refractivity (Wildman–Crippen MR) is 90.6 cm³/mol. The number of piperidine rings is 1. The molecule has 0 spiro atoms. The zero-order valence-corrected chi connectivity index (χ0v) is 13.1. The fourth-order valence-corrected chi connectivity index (χ4v) is 2.90. The van der Waals surface area contributed by atoms with Crippen LogP contribution < -0.4 is 10.2 Å². The normalized spacial score (nSPS) is 14.9. The van der Waals surface area contributed by atoms with Gasteiger partial charge in [0.2, 0.25) is 5.91 Å². The van der Waals surface area contributed by atoms with Crippen molar-refractivity contribution in [3.63, 3.8) is 0 Å². The maximum Gasteiger partial charge on any atom is 0.227 e. The highest BCUT2D eigenvalue weighted by molar-refractivity contribution is 5.94. The van der Waals surface area contributed by atoms with Gasteiger partial charge in [0.1, 0.15) is 17.6 Å². The summed E-state index contributed by atoms with van der Waals surface area (Å²) < 4.78 is 0. The van der Waals surface area contributed by atoms with E-state index in [9.17, 15) is 15.2 Å². The molecule has 6 nitrogen and oxygen atoms in total. The Hall–Kier alpha value is -3.07. The van der Waals surface area contributed by atoms with Gasteiger partial charge in [0.15, 0.2) is 0 Å². The first-order valence-corrected chi connectivity index (χ1v) is 7.88. The van der Waals surface area contributed by atoms with Crippen molar-refractivity contribution in [2.45, 2.75) is 12.8 Å². The van der Waals surface area contributed by atoms with Crippen molar-refractivity contribution in [3.05, 3.63) is 48.2 Å². The lowest BCUT2D eigenvalue weighted by atomic mass is 9.95. The Bertz CT molecular complexity index is 777. The third kappa shape index (κ3) is 3.30. The van der Waals surface area contributed by atoms with Crippen molar-refractivity contribution in [1.29, 1.82) is 5.26 Å². The summed E-state index contributed by atoms with van der Waals surface area (Å²) in [6.45, 7) is 1.34. The van der Waals surface area contributed by atoms with Crippen LogP contribution in [0.1, 0.15) is 18.4 Å². The molecule has 0 atom stereocenters. The van der Waals surface area contributed by atoms with Crippen LogP contribution in [0.25, 0.3) is 0 Å². The minimum atomic E-state index is -0.116. The van der Waals surface area contributed by atoms with Crippen LogP contribution in [0.15, 0.2) is 42.6 Å². The quantitative estimate of drug-likeness (QED) is 0.848. The number of anilines is 2. The molecule has 1 aromatic carbocycles. The van der Waals surface area contributed by atoms with E-state index >= 15 is 0 Å². The van der Waals surface area contributed by atoms with Gasteiger partial charge in [-0.15, -0.1) is 0 Å². The molecule has 0 radical (unpaired) electrons. The van der Waals surface area contributed by atoms with Crippen molar-refractivity contribution < 1.29 is 9.90 Å². The highest BCUT2D eigenvalue weighted by Crippen LogP contribution is 2.27. The second-order valence-electron chi connectivity index (χ2n) is 5.75. The van der Waals surface area contributed by atoms with Crippen LogP contribution in [0.4, 0.5) is 11.5 Å². The van der Waals surface area contributed by atoms with Gasteiger partial charge in [-0.1, -0.05) is 12.1 Å². The van der Waals surface area contributed by atoms with E-state index in [1.807, 2.05) is 4.90 Å². The average Bonchev–Trinajstić information content (AvgIpc) is 2.63. The fraction of sp³-hybridized carbons (Fsp3) is 0.278. The number of aromatic hydroxyl groups is 1. The van der Waals surface area contributed by atoms with Crippen molar-refractivity contribution in [1.82, 2.24) is 4.98 Å². The number of hydrogen-bond acceptors (Lipinski definition) is 5. The molecule has 1 aromatic heterocycles. The van der Waals surface area contributed by atoms with E-state index in [0.29, 0.717) is 43.0 Å². The number of aromatic nitrogens is 1. The smallest absolute Gasteiger partial charge is 0.227 e. The van der Waals surface area contributed by atoms with E-state index in [4.69, 9.17) is 0 Å². The number of rotatable bonds is 3. The summed E-state index contributed by atoms with van der Waals surface area (Å²) >= 11 is 0. The van der Waals surface area contributed by atoms with Crippen LogP contribution in [0.2, 0.25) is 0 Å². The van der Waals surface area contributed by atoms with Crippen molar-refractivity contribution in [2.75, 3.05) is 23.3 Å². The molecule has 2 N–H and O–H groups in total. The summed E-state index contributed by atoms with van der Waals surface area (Å²) in [6, 6.07) is 12.3. The van der Waals surface area contributed by atoms with Gasteiger partial charge < -0.3 is 15.3 Å². The third-order valence-electron chi connectivity index (χ3n) is 4.23. The van der Waals surface area contributed by atoms with Gasteiger partial charge >= 0.3 is 0 Å². The Morgan fingerprint density at radius 3 is 2.71 bits per heavy atom. The topological polar surface area (TPSA) is 89.2 Å². The van der Waals surface area contributed by atoms with Crippen LogP contribution in [0, 0.1) is 17.2 Å². The summed E-state index contributed by atoms with van der Waals surface area (Å²) in [5.74, 6) is 0.544. The molecule has 2 heterocycles. The molecule has 1 saturated heterocycles. The molecular weight excluding hydrogens is 304 g/mol. The molecule has 1 aliphatic heterocycles. The summed E-state index contributed by atoms with van der Waals surface area (Å²) in [5, 5.41) is 21.7. The molecule has 3 rings (SSSR count). The molecule has 24 heavy (non-hydrogen) atoms. The molecule has 1 aliphatic rings. The van der Waals surface area contributed by atoms with Gasteiger partial charge in [0, 0.05) is 25.2 Å². The molecule has 1 fully saturated rings. The van der Waals surface area contributed by atoms with E-state index in [0.717, 1.165) is 0 Å². The number of phenols is 1. The minimum absolute atomic E-state index is 0.0652. The minimum Gasteiger partial charge on any atom is -0.506 e. The number of nitrogens with one attached hydrogen (secondary N) is 1. The maximum absolute atomic E-state index is 12.4. The van der Waals surface area contributed by atoms with Crippen LogP contribution >= 0.6 is 0 Å². The Labute approximate surface area is 140 Å². The number of hydrogen-bond donors (Lipinski definition) is 2. The lowest BCUT2D eigenvalue weighted by Crippen LogP contribution is -2.38. The van der Waals surface area contributed by atoms with Gasteiger partial charge in [0.05, 0.1) is 11.3 Å². The largest absolute Gasteiger partial charge is 0.506 e. The molecule has 0 unspecified atom stereocenters. The second kappa shape index (κ2) is 7.01. The molecule has 122 valence electrons. The summed E-state index contributed by atoms with van der Waals surface area (Å²) in [7, 11) is 0. The molecule has 0 bridgehead atoms. The standard InChI is InChI=1S/C18H18N4O2/c19-12-14-4-3-9-20-17(14)22-10-7-13(8-11-22)18(24)21-15-5-1-2-6-16(15)23/h1-6,9,13,23H,7-8,10-11H2,(H,21,24). The second-order valence-corrected chi connectivity index (χ2v) is 5.75. The summed E-state index contributed by atoms with van der Waals surface area (Å²) in [5.41, 5.74) is 0.982. The van der Waals surface area contributed by atoms with E-state index in [-0.39, 0.29) is 17.6 Å². The van der Waals surface area contributed by atoms with Crippen LogP contribution in [0.3, 0.4) is 0 Å². The van der Waals surface area contributed by atoms with Crippen molar-refractivity contribution in [2.24, 2.45) is 5.92 Å². The first-order valence-electron chi connectivity index (χ1n) is 7.88. The van der Waals surface area contributed by atoms with Crippen LogP contribution in [-0.4, -0.2) is 29.1 Å². The number of phenolic OH excluding ortho intramolecular Hbond substituents is 1. The van der Waals surface area contributed by atoms with Gasteiger partial charge in [-0.3, -0.25) is 4.79 Å². The molecule has 1 amide bonds. The van der Waals surface area contributed by atoms with E-state index in [1.165, 1.54) is 0 Å². The average molecular weight is 322 g/mol. The number of benzene rings is 1. The number of carbonyl (C=O) groups excluding carboxylic acids is 1. The number of nitriles is 1. The Morgan fingerprint density at radius 2 is 2.00 bits per heavy atom. The summed E-state index contributed by atoms with van der Waals surface area (Å²) in [4.78, 5) is 18.7. The van der Waals surface area contributed by atoms with Gasteiger partial charge in [0.25, 0.3) is 0 Å². The van der Waals surface area contributed by atoms with Gasteiger partial charge in [-0.25, -0.2) is 4.98 Å². The Balaban J connectivity index is 1.62. The number of para-hydroxylation sites is 2. The zero-order chi connectivity index (χ0) is 16.9. The molecular formula is C18H18N4O2. The van der Waals surface area contributed by atoms with E-state index < -0.39 is 0 Å².